The van der Waals surface area contributed by atoms with Crippen molar-refractivity contribution in [3.8, 4) is 0 Å². The van der Waals surface area contributed by atoms with Gasteiger partial charge in [-0.1, -0.05) is 17.7 Å². The Kier molecular flexibility index (Phi) is 6.81. The van der Waals surface area contributed by atoms with E-state index in [1.165, 1.54) is 5.56 Å². The number of ether oxygens (including phenoxy) is 2. The number of aryl methyl sites for hydroxylation is 3. The summed E-state index contributed by atoms with van der Waals surface area (Å²) in [7, 11) is 1.65. The molecule has 1 N–H and O–H groups in total. The number of carbonyl (C=O) groups is 2. The second-order valence-electron chi connectivity index (χ2n) is 7.36. The zero-order valence-electron chi connectivity index (χ0n) is 16.6. The SMILES string of the molecule is CCOC(=O)C1(NC(=O)Cc2c(C)cc(C)cc2C)CCCC(OC)C1. The van der Waals surface area contributed by atoms with E-state index in [1.807, 2.05) is 20.8 Å². The van der Waals surface area contributed by atoms with Gasteiger partial charge in [0.25, 0.3) is 0 Å². The van der Waals surface area contributed by atoms with E-state index in [-0.39, 0.29) is 24.4 Å². The normalized spacial score (nSPS) is 22.7. The number of nitrogens with one attached hydrogen (secondary N) is 1. The maximum Gasteiger partial charge on any atom is 0.331 e. The van der Waals surface area contributed by atoms with Crippen molar-refractivity contribution in [2.24, 2.45) is 0 Å². The van der Waals surface area contributed by atoms with Gasteiger partial charge in [-0.2, -0.15) is 0 Å². The van der Waals surface area contributed by atoms with E-state index < -0.39 is 5.54 Å². The molecule has 1 saturated carbocycles. The summed E-state index contributed by atoms with van der Waals surface area (Å²) in [4.78, 5) is 25.5. The molecule has 0 aromatic heterocycles. The van der Waals surface area contributed by atoms with Crippen LogP contribution in [0, 0.1) is 20.8 Å². The number of hydrogen-bond donors (Lipinski definition) is 1. The Labute approximate surface area is 156 Å². The standard InChI is InChI=1S/C21H31NO4/c1-6-26-20(24)21(9-7-8-17(13-21)25-5)22-19(23)12-18-15(3)10-14(2)11-16(18)4/h10-11,17H,6-9,12-13H2,1-5H3,(H,22,23). The van der Waals surface area contributed by atoms with Crippen molar-refractivity contribution in [1.82, 2.24) is 5.32 Å². The Morgan fingerprint density at radius 3 is 2.46 bits per heavy atom. The molecule has 0 heterocycles. The zero-order valence-corrected chi connectivity index (χ0v) is 16.6. The molecule has 1 amide bonds. The predicted octanol–water partition coefficient (Wildman–Crippen LogP) is 3.16. The zero-order chi connectivity index (χ0) is 19.3. The van der Waals surface area contributed by atoms with Crippen molar-refractivity contribution in [2.45, 2.75) is 71.4 Å². The van der Waals surface area contributed by atoms with E-state index in [0.717, 1.165) is 29.5 Å². The molecular weight excluding hydrogens is 330 g/mol. The van der Waals surface area contributed by atoms with Crippen molar-refractivity contribution in [2.75, 3.05) is 13.7 Å². The molecule has 26 heavy (non-hydrogen) atoms. The summed E-state index contributed by atoms with van der Waals surface area (Å²) in [6, 6.07) is 4.16. The van der Waals surface area contributed by atoms with E-state index in [0.29, 0.717) is 19.4 Å². The minimum absolute atomic E-state index is 0.0451. The van der Waals surface area contributed by atoms with E-state index in [4.69, 9.17) is 9.47 Å². The van der Waals surface area contributed by atoms with Crippen LogP contribution in [0.15, 0.2) is 12.1 Å². The van der Waals surface area contributed by atoms with Gasteiger partial charge in [0.05, 0.1) is 19.1 Å². The van der Waals surface area contributed by atoms with Crippen molar-refractivity contribution < 1.29 is 19.1 Å². The lowest BCUT2D eigenvalue weighted by molar-refractivity contribution is -0.157. The first-order valence-electron chi connectivity index (χ1n) is 9.39. The molecule has 144 valence electrons. The lowest BCUT2D eigenvalue weighted by Gasteiger charge is -2.38. The van der Waals surface area contributed by atoms with Gasteiger partial charge in [0.15, 0.2) is 0 Å². The molecule has 1 aromatic carbocycles. The van der Waals surface area contributed by atoms with Crippen LogP contribution in [-0.2, 0) is 25.5 Å². The third-order valence-corrected chi connectivity index (χ3v) is 5.26. The molecule has 0 aliphatic heterocycles. The van der Waals surface area contributed by atoms with Gasteiger partial charge in [-0.25, -0.2) is 4.79 Å². The van der Waals surface area contributed by atoms with Crippen molar-refractivity contribution in [3.05, 3.63) is 34.4 Å². The minimum atomic E-state index is -0.988. The average Bonchev–Trinajstić information content (AvgIpc) is 2.58. The number of carbonyl (C=O) groups excluding carboxylic acids is 2. The molecule has 1 aromatic rings. The van der Waals surface area contributed by atoms with Crippen LogP contribution in [0.5, 0.6) is 0 Å². The number of amides is 1. The van der Waals surface area contributed by atoms with Gasteiger partial charge >= 0.3 is 5.97 Å². The van der Waals surface area contributed by atoms with Crippen LogP contribution in [0.2, 0.25) is 0 Å². The van der Waals surface area contributed by atoms with Gasteiger partial charge < -0.3 is 14.8 Å². The molecule has 0 spiro atoms. The van der Waals surface area contributed by atoms with Gasteiger partial charge in [-0.15, -0.1) is 0 Å². The molecule has 2 unspecified atom stereocenters. The third-order valence-electron chi connectivity index (χ3n) is 5.26. The average molecular weight is 361 g/mol. The number of esters is 1. The van der Waals surface area contributed by atoms with Crippen LogP contribution in [0.4, 0.5) is 0 Å². The second-order valence-corrected chi connectivity index (χ2v) is 7.36. The van der Waals surface area contributed by atoms with E-state index >= 15 is 0 Å². The second kappa shape index (κ2) is 8.67. The van der Waals surface area contributed by atoms with Crippen LogP contribution in [0.25, 0.3) is 0 Å². The maximum atomic E-state index is 12.8. The van der Waals surface area contributed by atoms with Crippen LogP contribution in [-0.4, -0.2) is 37.2 Å². The van der Waals surface area contributed by atoms with Gasteiger partial charge in [-0.05, 0) is 63.6 Å². The van der Waals surface area contributed by atoms with Crippen molar-refractivity contribution in [3.63, 3.8) is 0 Å². The Hall–Kier alpha value is -1.88. The first-order valence-corrected chi connectivity index (χ1v) is 9.39. The van der Waals surface area contributed by atoms with Gasteiger partial charge in [0.1, 0.15) is 5.54 Å². The van der Waals surface area contributed by atoms with Crippen molar-refractivity contribution in [1.29, 1.82) is 0 Å². The highest BCUT2D eigenvalue weighted by atomic mass is 16.5. The quantitative estimate of drug-likeness (QED) is 0.791. The fourth-order valence-electron chi connectivity index (χ4n) is 4.01. The Bertz CT molecular complexity index is 647. The molecule has 2 atom stereocenters. The Morgan fingerprint density at radius 2 is 1.88 bits per heavy atom. The monoisotopic (exact) mass is 361 g/mol. The number of methoxy groups -OCH3 is 1. The highest BCUT2D eigenvalue weighted by Crippen LogP contribution is 2.31. The van der Waals surface area contributed by atoms with Crippen LogP contribution in [0.3, 0.4) is 0 Å². The smallest absolute Gasteiger partial charge is 0.331 e. The molecule has 5 nitrogen and oxygen atoms in total. The largest absolute Gasteiger partial charge is 0.464 e. The Morgan fingerprint density at radius 1 is 1.23 bits per heavy atom. The fourth-order valence-corrected chi connectivity index (χ4v) is 4.01. The van der Waals surface area contributed by atoms with E-state index in [2.05, 4.69) is 17.4 Å². The number of rotatable bonds is 6. The predicted molar refractivity (Wildman–Crippen MR) is 101 cm³/mol. The highest BCUT2D eigenvalue weighted by Gasteiger charge is 2.45. The third kappa shape index (κ3) is 4.64. The minimum Gasteiger partial charge on any atom is -0.464 e. The van der Waals surface area contributed by atoms with Gasteiger partial charge in [0.2, 0.25) is 5.91 Å². The lowest BCUT2D eigenvalue weighted by atomic mass is 9.79. The molecule has 2 rings (SSSR count). The van der Waals surface area contributed by atoms with Gasteiger partial charge in [-0.3, -0.25) is 4.79 Å². The molecule has 1 fully saturated rings. The number of hydrogen-bond acceptors (Lipinski definition) is 4. The summed E-state index contributed by atoms with van der Waals surface area (Å²) in [5.41, 5.74) is 3.41. The lowest BCUT2D eigenvalue weighted by Crippen LogP contribution is -2.59. The first kappa shape index (κ1) is 20.4. The van der Waals surface area contributed by atoms with Crippen LogP contribution >= 0.6 is 0 Å². The van der Waals surface area contributed by atoms with Crippen molar-refractivity contribution >= 4 is 11.9 Å². The number of benzene rings is 1. The molecule has 1 aliphatic carbocycles. The summed E-state index contributed by atoms with van der Waals surface area (Å²) >= 11 is 0. The van der Waals surface area contributed by atoms with Crippen LogP contribution in [0.1, 0.15) is 54.9 Å². The molecule has 5 heteroatoms. The highest BCUT2D eigenvalue weighted by molar-refractivity contribution is 5.89. The summed E-state index contributed by atoms with van der Waals surface area (Å²) in [5, 5.41) is 3.01. The summed E-state index contributed by atoms with van der Waals surface area (Å²) in [6.07, 6.45) is 2.97. The van der Waals surface area contributed by atoms with E-state index in [9.17, 15) is 9.59 Å². The fraction of sp³-hybridized carbons (Fsp3) is 0.619. The topological polar surface area (TPSA) is 64.6 Å². The first-order chi connectivity index (χ1) is 12.3. The molecule has 1 aliphatic rings. The van der Waals surface area contributed by atoms with E-state index in [1.54, 1.807) is 14.0 Å². The van der Waals surface area contributed by atoms with Crippen LogP contribution < -0.4 is 5.32 Å². The summed E-state index contributed by atoms with van der Waals surface area (Å²) in [6.45, 7) is 8.16. The molecular formula is C21H31NO4. The summed E-state index contributed by atoms with van der Waals surface area (Å²) in [5.74, 6) is -0.502. The molecule has 0 radical (unpaired) electrons. The molecule has 0 saturated heterocycles. The molecule has 0 bridgehead atoms. The summed E-state index contributed by atoms with van der Waals surface area (Å²) < 4.78 is 10.7. The maximum absolute atomic E-state index is 12.8. The Balaban J connectivity index is 2.20. The van der Waals surface area contributed by atoms with Gasteiger partial charge in [0, 0.05) is 13.5 Å².